The highest BCUT2D eigenvalue weighted by Crippen LogP contribution is 2.22. The standard InChI is InChI=1S/C11H12N2O/c1-12-8-11-9(5-7-14-11)10-4-2-3-6-13-10/h2-7,12H,8H2,1H3. The van der Waals surface area contributed by atoms with Gasteiger partial charge >= 0.3 is 0 Å². The minimum absolute atomic E-state index is 0.721. The van der Waals surface area contributed by atoms with Gasteiger partial charge in [0.1, 0.15) is 5.76 Å². The van der Waals surface area contributed by atoms with Crippen molar-refractivity contribution < 1.29 is 4.42 Å². The zero-order valence-electron chi connectivity index (χ0n) is 8.03. The summed E-state index contributed by atoms with van der Waals surface area (Å²) in [5, 5.41) is 3.06. The van der Waals surface area contributed by atoms with Crippen molar-refractivity contribution in [3.05, 3.63) is 42.5 Å². The number of rotatable bonds is 3. The lowest BCUT2D eigenvalue weighted by Gasteiger charge is -2.00. The Bertz CT molecular complexity index is 395. The molecule has 0 spiro atoms. The maximum Gasteiger partial charge on any atom is 0.126 e. The Balaban J connectivity index is 2.37. The number of pyridine rings is 1. The van der Waals surface area contributed by atoms with Crippen LogP contribution in [0.3, 0.4) is 0 Å². The molecule has 2 rings (SSSR count). The van der Waals surface area contributed by atoms with Crippen LogP contribution in [-0.2, 0) is 6.54 Å². The normalized spacial score (nSPS) is 10.4. The minimum atomic E-state index is 0.721. The van der Waals surface area contributed by atoms with Crippen molar-refractivity contribution in [1.82, 2.24) is 10.3 Å². The van der Waals surface area contributed by atoms with Crippen molar-refractivity contribution >= 4 is 0 Å². The smallest absolute Gasteiger partial charge is 0.126 e. The second-order valence-electron chi connectivity index (χ2n) is 3.00. The van der Waals surface area contributed by atoms with Crippen LogP contribution in [-0.4, -0.2) is 12.0 Å². The van der Waals surface area contributed by atoms with Crippen LogP contribution < -0.4 is 5.32 Å². The van der Waals surface area contributed by atoms with Crippen molar-refractivity contribution in [3.8, 4) is 11.3 Å². The summed E-state index contributed by atoms with van der Waals surface area (Å²) in [4.78, 5) is 4.28. The number of hydrogen-bond acceptors (Lipinski definition) is 3. The number of furan rings is 1. The third-order valence-electron chi connectivity index (χ3n) is 2.02. The van der Waals surface area contributed by atoms with Gasteiger partial charge in [-0.2, -0.15) is 0 Å². The van der Waals surface area contributed by atoms with Gasteiger partial charge in [0.05, 0.1) is 18.5 Å². The molecule has 2 aromatic heterocycles. The van der Waals surface area contributed by atoms with Crippen LogP contribution in [0.25, 0.3) is 11.3 Å². The molecule has 0 aliphatic heterocycles. The Kier molecular flexibility index (Phi) is 2.60. The monoisotopic (exact) mass is 188 g/mol. The Morgan fingerprint density at radius 2 is 2.29 bits per heavy atom. The van der Waals surface area contributed by atoms with Crippen molar-refractivity contribution in [1.29, 1.82) is 0 Å². The lowest BCUT2D eigenvalue weighted by atomic mass is 10.1. The van der Waals surface area contributed by atoms with Gasteiger partial charge in [0, 0.05) is 11.8 Å². The first kappa shape index (κ1) is 8.97. The van der Waals surface area contributed by atoms with Crippen molar-refractivity contribution in [2.75, 3.05) is 7.05 Å². The molecule has 3 nitrogen and oxygen atoms in total. The van der Waals surface area contributed by atoms with Gasteiger partial charge < -0.3 is 9.73 Å². The fraction of sp³-hybridized carbons (Fsp3) is 0.182. The van der Waals surface area contributed by atoms with Crippen molar-refractivity contribution in [2.24, 2.45) is 0 Å². The molecule has 2 aromatic rings. The lowest BCUT2D eigenvalue weighted by molar-refractivity contribution is 0.496. The summed E-state index contributed by atoms with van der Waals surface area (Å²) >= 11 is 0. The zero-order chi connectivity index (χ0) is 9.80. The van der Waals surface area contributed by atoms with E-state index in [1.54, 1.807) is 12.5 Å². The molecule has 3 heteroatoms. The molecule has 14 heavy (non-hydrogen) atoms. The van der Waals surface area contributed by atoms with E-state index in [0.717, 1.165) is 23.6 Å². The topological polar surface area (TPSA) is 38.1 Å². The van der Waals surface area contributed by atoms with E-state index < -0.39 is 0 Å². The first-order valence-corrected chi connectivity index (χ1v) is 4.54. The highest BCUT2D eigenvalue weighted by molar-refractivity contribution is 5.60. The number of nitrogens with zero attached hydrogens (tertiary/aromatic N) is 1. The molecule has 0 aromatic carbocycles. The Morgan fingerprint density at radius 3 is 3.00 bits per heavy atom. The van der Waals surface area contributed by atoms with E-state index in [0.29, 0.717) is 0 Å². The van der Waals surface area contributed by atoms with E-state index >= 15 is 0 Å². The maximum absolute atomic E-state index is 5.36. The van der Waals surface area contributed by atoms with Crippen LogP contribution in [0.2, 0.25) is 0 Å². The molecule has 0 unspecified atom stereocenters. The highest BCUT2D eigenvalue weighted by Gasteiger charge is 2.07. The van der Waals surface area contributed by atoms with Gasteiger partial charge in [0.2, 0.25) is 0 Å². The number of nitrogens with one attached hydrogen (secondary N) is 1. The van der Waals surface area contributed by atoms with Crippen LogP contribution >= 0.6 is 0 Å². The van der Waals surface area contributed by atoms with Gasteiger partial charge in [0.15, 0.2) is 0 Å². The predicted octanol–water partition coefficient (Wildman–Crippen LogP) is 2.06. The van der Waals surface area contributed by atoms with Crippen LogP contribution in [0.15, 0.2) is 41.1 Å². The van der Waals surface area contributed by atoms with E-state index in [1.165, 1.54) is 0 Å². The molecule has 72 valence electrons. The summed E-state index contributed by atoms with van der Waals surface area (Å²) in [7, 11) is 1.89. The predicted molar refractivity (Wildman–Crippen MR) is 54.7 cm³/mol. The first-order chi connectivity index (χ1) is 6.92. The molecule has 1 N–H and O–H groups in total. The summed E-state index contributed by atoms with van der Waals surface area (Å²) in [5.74, 6) is 0.922. The molecule has 2 heterocycles. The summed E-state index contributed by atoms with van der Waals surface area (Å²) in [6.07, 6.45) is 3.47. The molecule has 0 fully saturated rings. The third kappa shape index (κ3) is 1.67. The molecule has 0 bridgehead atoms. The SMILES string of the molecule is CNCc1occc1-c1ccccn1. The molecule has 0 amide bonds. The molecular formula is C11H12N2O. The zero-order valence-corrected chi connectivity index (χ0v) is 8.03. The molecule has 0 saturated carbocycles. The van der Waals surface area contributed by atoms with E-state index in [9.17, 15) is 0 Å². The lowest BCUT2D eigenvalue weighted by Crippen LogP contribution is -2.04. The van der Waals surface area contributed by atoms with Crippen LogP contribution in [0, 0.1) is 0 Å². The van der Waals surface area contributed by atoms with Crippen molar-refractivity contribution in [3.63, 3.8) is 0 Å². The van der Waals surface area contributed by atoms with Gasteiger partial charge in [-0.25, -0.2) is 0 Å². The Labute approximate surface area is 82.8 Å². The second kappa shape index (κ2) is 4.07. The summed E-state index contributed by atoms with van der Waals surface area (Å²) in [6, 6.07) is 7.79. The third-order valence-corrected chi connectivity index (χ3v) is 2.02. The van der Waals surface area contributed by atoms with Gasteiger partial charge in [-0.1, -0.05) is 6.07 Å². The fourth-order valence-corrected chi connectivity index (χ4v) is 1.39. The number of hydrogen-bond donors (Lipinski definition) is 1. The minimum Gasteiger partial charge on any atom is -0.467 e. The largest absolute Gasteiger partial charge is 0.467 e. The average Bonchev–Trinajstić information content (AvgIpc) is 2.68. The summed E-state index contributed by atoms with van der Waals surface area (Å²) < 4.78 is 5.36. The molecule has 0 aliphatic carbocycles. The fourth-order valence-electron chi connectivity index (χ4n) is 1.39. The Hall–Kier alpha value is -1.61. The van der Waals surface area contributed by atoms with Gasteiger partial charge in [-0.05, 0) is 25.2 Å². The average molecular weight is 188 g/mol. The van der Waals surface area contributed by atoms with E-state index in [1.807, 2.05) is 31.3 Å². The van der Waals surface area contributed by atoms with E-state index in [2.05, 4.69) is 10.3 Å². The van der Waals surface area contributed by atoms with Crippen molar-refractivity contribution in [2.45, 2.75) is 6.54 Å². The molecule has 0 radical (unpaired) electrons. The van der Waals surface area contributed by atoms with E-state index in [-0.39, 0.29) is 0 Å². The maximum atomic E-state index is 5.36. The van der Waals surface area contributed by atoms with Gasteiger partial charge in [-0.15, -0.1) is 0 Å². The molecule has 0 aliphatic rings. The molecule has 0 saturated heterocycles. The van der Waals surface area contributed by atoms with Crippen LogP contribution in [0.1, 0.15) is 5.76 Å². The Morgan fingerprint density at radius 1 is 1.36 bits per heavy atom. The van der Waals surface area contributed by atoms with Crippen LogP contribution in [0.4, 0.5) is 0 Å². The first-order valence-electron chi connectivity index (χ1n) is 4.54. The molecular weight excluding hydrogens is 176 g/mol. The quantitative estimate of drug-likeness (QED) is 0.801. The molecule has 0 atom stereocenters. The second-order valence-corrected chi connectivity index (χ2v) is 3.00. The van der Waals surface area contributed by atoms with Gasteiger partial charge in [-0.3, -0.25) is 4.98 Å². The number of aromatic nitrogens is 1. The highest BCUT2D eigenvalue weighted by atomic mass is 16.3. The van der Waals surface area contributed by atoms with Crippen LogP contribution in [0.5, 0.6) is 0 Å². The summed E-state index contributed by atoms with van der Waals surface area (Å²) in [5.41, 5.74) is 2.01. The van der Waals surface area contributed by atoms with Gasteiger partial charge in [0.25, 0.3) is 0 Å². The van der Waals surface area contributed by atoms with E-state index in [4.69, 9.17) is 4.42 Å². The summed E-state index contributed by atoms with van der Waals surface area (Å²) in [6.45, 7) is 0.721.